The molecule has 1 aromatic rings. The van der Waals surface area contributed by atoms with Gasteiger partial charge in [0.2, 0.25) is 6.29 Å². The maximum atomic E-state index is 12.6. The Bertz CT molecular complexity index is 585. The van der Waals surface area contributed by atoms with E-state index in [9.17, 15) is 9.90 Å². The average molecular weight is 361 g/mol. The molecular weight excluding hydrogens is 330 g/mol. The molecule has 5 nitrogen and oxygen atoms in total. The highest BCUT2D eigenvalue weighted by Crippen LogP contribution is 2.37. The van der Waals surface area contributed by atoms with E-state index in [1.54, 1.807) is 0 Å². The van der Waals surface area contributed by atoms with Crippen molar-refractivity contribution in [2.45, 2.75) is 46.4 Å². The van der Waals surface area contributed by atoms with Gasteiger partial charge in [0.1, 0.15) is 0 Å². The van der Waals surface area contributed by atoms with E-state index < -0.39 is 6.29 Å². The van der Waals surface area contributed by atoms with Gasteiger partial charge in [-0.1, -0.05) is 44.2 Å². The molecule has 1 amide bonds. The highest BCUT2D eigenvalue weighted by molar-refractivity contribution is 5.91. The number of carbonyl (C=O) groups excluding carboxylic acids is 1. The number of benzene rings is 1. The van der Waals surface area contributed by atoms with Crippen LogP contribution in [0.5, 0.6) is 0 Å². The minimum Gasteiger partial charge on any atom is -0.459 e. The smallest absolute Gasteiger partial charge is 0.286 e. The van der Waals surface area contributed by atoms with Crippen molar-refractivity contribution < 1.29 is 19.4 Å². The van der Waals surface area contributed by atoms with Gasteiger partial charge in [-0.25, -0.2) is 0 Å². The summed E-state index contributed by atoms with van der Waals surface area (Å²) in [4.78, 5) is 12.6. The largest absolute Gasteiger partial charge is 0.459 e. The quantitative estimate of drug-likeness (QED) is 0.708. The van der Waals surface area contributed by atoms with Crippen molar-refractivity contribution in [3.8, 4) is 0 Å². The summed E-state index contributed by atoms with van der Waals surface area (Å²) in [6.45, 7) is 7.32. The van der Waals surface area contributed by atoms with Crippen LogP contribution in [0.2, 0.25) is 0 Å². The number of hydrogen-bond donors (Lipinski definition) is 2. The first-order valence-electron chi connectivity index (χ1n) is 9.49. The second-order valence-electron chi connectivity index (χ2n) is 6.99. The number of carbonyl (C=O) groups is 1. The molecule has 1 aromatic carbocycles. The van der Waals surface area contributed by atoms with Gasteiger partial charge in [0, 0.05) is 25.7 Å². The van der Waals surface area contributed by atoms with Crippen molar-refractivity contribution in [2.24, 2.45) is 17.8 Å². The van der Waals surface area contributed by atoms with E-state index in [0.717, 1.165) is 12.0 Å². The van der Waals surface area contributed by atoms with Crippen LogP contribution in [0.15, 0.2) is 42.2 Å². The summed E-state index contributed by atoms with van der Waals surface area (Å²) < 4.78 is 11.7. The highest BCUT2D eigenvalue weighted by Gasteiger charge is 2.38. The maximum Gasteiger partial charge on any atom is 0.286 e. The standard InChI is InChI=1S/C21H31NO4/c1-4-25-21-17(11-8-12-23)18(15(2)3)13-19(26-21)20(24)22-14-16-9-6-5-7-10-16/h5-7,9-10,13,15,17-18,21,23H,4,8,11-12,14H2,1-3H3,(H,22,24)/t17-,18-,21-/m1/s1. The molecule has 0 bridgehead atoms. The van der Waals surface area contributed by atoms with E-state index in [1.807, 2.05) is 43.3 Å². The second-order valence-corrected chi connectivity index (χ2v) is 6.99. The fourth-order valence-corrected chi connectivity index (χ4v) is 3.39. The van der Waals surface area contributed by atoms with Crippen LogP contribution in [0.3, 0.4) is 0 Å². The van der Waals surface area contributed by atoms with Crippen LogP contribution in [0.4, 0.5) is 0 Å². The lowest BCUT2D eigenvalue weighted by atomic mass is 9.78. The monoisotopic (exact) mass is 361 g/mol. The van der Waals surface area contributed by atoms with Crippen molar-refractivity contribution in [1.82, 2.24) is 5.32 Å². The average Bonchev–Trinajstić information content (AvgIpc) is 2.65. The molecule has 2 rings (SSSR count). The molecule has 0 aliphatic carbocycles. The summed E-state index contributed by atoms with van der Waals surface area (Å²) in [6.07, 6.45) is 2.98. The van der Waals surface area contributed by atoms with Crippen molar-refractivity contribution in [3.63, 3.8) is 0 Å². The van der Waals surface area contributed by atoms with Crippen LogP contribution in [0.25, 0.3) is 0 Å². The fraction of sp³-hybridized carbons (Fsp3) is 0.571. The Kier molecular flexibility index (Phi) is 8.13. The minimum absolute atomic E-state index is 0.132. The first kappa shape index (κ1) is 20.5. The van der Waals surface area contributed by atoms with Crippen molar-refractivity contribution in [3.05, 3.63) is 47.7 Å². The van der Waals surface area contributed by atoms with Gasteiger partial charge in [0.05, 0.1) is 0 Å². The number of aliphatic hydroxyl groups excluding tert-OH is 1. The fourth-order valence-electron chi connectivity index (χ4n) is 3.39. The molecular formula is C21H31NO4. The lowest BCUT2D eigenvalue weighted by Crippen LogP contribution is -2.41. The van der Waals surface area contributed by atoms with Gasteiger partial charge in [-0.05, 0) is 43.2 Å². The van der Waals surface area contributed by atoms with Gasteiger partial charge >= 0.3 is 0 Å². The topological polar surface area (TPSA) is 67.8 Å². The van der Waals surface area contributed by atoms with Crippen LogP contribution in [0.1, 0.15) is 39.2 Å². The Morgan fingerprint density at radius 1 is 1.31 bits per heavy atom. The third-order valence-electron chi connectivity index (χ3n) is 4.75. The minimum atomic E-state index is -0.457. The molecule has 3 atom stereocenters. The van der Waals surface area contributed by atoms with E-state index in [-0.39, 0.29) is 24.3 Å². The van der Waals surface area contributed by atoms with Gasteiger partial charge in [-0.3, -0.25) is 4.79 Å². The van der Waals surface area contributed by atoms with Gasteiger partial charge < -0.3 is 19.9 Å². The first-order chi connectivity index (χ1) is 12.6. The molecule has 0 unspecified atom stereocenters. The van der Waals surface area contributed by atoms with Gasteiger partial charge in [-0.2, -0.15) is 0 Å². The SMILES string of the molecule is CCO[C@@H]1OC(C(=O)NCc2ccccc2)=C[C@H](C(C)C)[C@H]1CCCO. The Morgan fingerprint density at radius 2 is 2.04 bits per heavy atom. The molecule has 0 aromatic heterocycles. The summed E-state index contributed by atoms with van der Waals surface area (Å²) >= 11 is 0. The molecule has 0 radical (unpaired) electrons. The zero-order chi connectivity index (χ0) is 18.9. The Labute approximate surface area is 156 Å². The van der Waals surface area contributed by atoms with Crippen LogP contribution in [-0.4, -0.2) is 30.5 Å². The van der Waals surface area contributed by atoms with Crippen molar-refractivity contribution in [2.75, 3.05) is 13.2 Å². The number of hydrogen-bond acceptors (Lipinski definition) is 4. The summed E-state index contributed by atoms with van der Waals surface area (Å²) in [5.41, 5.74) is 1.04. The molecule has 0 saturated carbocycles. The number of nitrogens with one attached hydrogen (secondary N) is 1. The Morgan fingerprint density at radius 3 is 2.65 bits per heavy atom. The number of amides is 1. The Hall–Kier alpha value is -1.85. The summed E-state index contributed by atoms with van der Waals surface area (Å²) in [5, 5.41) is 12.1. The first-order valence-corrected chi connectivity index (χ1v) is 9.49. The molecule has 2 N–H and O–H groups in total. The molecule has 1 aliphatic heterocycles. The molecule has 144 valence electrons. The predicted molar refractivity (Wildman–Crippen MR) is 101 cm³/mol. The molecule has 26 heavy (non-hydrogen) atoms. The maximum absolute atomic E-state index is 12.6. The van der Waals surface area contributed by atoms with Gasteiger partial charge in [-0.15, -0.1) is 0 Å². The number of aliphatic hydroxyl groups is 1. The zero-order valence-corrected chi connectivity index (χ0v) is 16.0. The molecule has 0 fully saturated rings. The predicted octanol–water partition coefficient (Wildman–Crippen LogP) is 3.24. The van der Waals surface area contributed by atoms with Crippen LogP contribution in [-0.2, 0) is 20.8 Å². The number of rotatable bonds is 9. The molecule has 0 saturated heterocycles. The van der Waals surface area contributed by atoms with Crippen molar-refractivity contribution >= 4 is 5.91 Å². The van der Waals surface area contributed by atoms with Crippen LogP contribution < -0.4 is 5.32 Å². The summed E-state index contributed by atoms with van der Waals surface area (Å²) in [7, 11) is 0. The third-order valence-corrected chi connectivity index (χ3v) is 4.75. The Balaban J connectivity index is 2.11. The number of allylic oxidation sites excluding steroid dienone is 1. The van der Waals surface area contributed by atoms with E-state index >= 15 is 0 Å². The van der Waals surface area contributed by atoms with Gasteiger partial charge in [0.15, 0.2) is 5.76 Å². The molecule has 5 heteroatoms. The van der Waals surface area contributed by atoms with Crippen LogP contribution in [0, 0.1) is 17.8 Å². The van der Waals surface area contributed by atoms with E-state index in [0.29, 0.717) is 31.2 Å². The molecule has 1 heterocycles. The summed E-state index contributed by atoms with van der Waals surface area (Å²) in [6, 6.07) is 9.79. The second kappa shape index (κ2) is 10.3. The lowest BCUT2D eigenvalue weighted by molar-refractivity contribution is -0.175. The van der Waals surface area contributed by atoms with E-state index in [2.05, 4.69) is 19.2 Å². The third kappa shape index (κ3) is 5.58. The van der Waals surface area contributed by atoms with Crippen molar-refractivity contribution in [1.29, 1.82) is 0 Å². The highest BCUT2D eigenvalue weighted by atomic mass is 16.7. The zero-order valence-electron chi connectivity index (χ0n) is 16.0. The van der Waals surface area contributed by atoms with Crippen LogP contribution >= 0.6 is 0 Å². The molecule has 1 aliphatic rings. The number of ether oxygens (including phenoxy) is 2. The van der Waals surface area contributed by atoms with E-state index in [4.69, 9.17) is 9.47 Å². The molecule has 0 spiro atoms. The lowest BCUT2D eigenvalue weighted by Gasteiger charge is -2.38. The normalized spacial score (nSPS) is 22.7. The van der Waals surface area contributed by atoms with E-state index in [1.165, 1.54) is 0 Å². The van der Waals surface area contributed by atoms with Gasteiger partial charge in [0.25, 0.3) is 5.91 Å². The summed E-state index contributed by atoms with van der Waals surface area (Å²) in [5.74, 6) is 0.766.